The molecule has 13 heavy (non-hydrogen) atoms. The summed E-state index contributed by atoms with van der Waals surface area (Å²) in [5.74, 6) is 0.297. The molecule has 0 aliphatic rings. The molecule has 0 bridgehead atoms. The highest BCUT2D eigenvalue weighted by atomic mass is 32.1. The van der Waals surface area contributed by atoms with E-state index < -0.39 is 0 Å². The van der Waals surface area contributed by atoms with Crippen molar-refractivity contribution in [2.24, 2.45) is 5.92 Å². The van der Waals surface area contributed by atoms with Crippen LogP contribution in [0.3, 0.4) is 0 Å². The summed E-state index contributed by atoms with van der Waals surface area (Å²) in [6, 6.07) is 3.78. The first-order chi connectivity index (χ1) is 6.25. The Bertz CT molecular complexity index is 254. The van der Waals surface area contributed by atoms with Crippen molar-refractivity contribution in [2.45, 2.75) is 13.3 Å². The van der Waals surface area contributed by atoms with E-state index in [9.17, 15) is 4.79 Å². The van der Waals surface area contributed by atoms with E-state index in [1.54, 1.807) is 7.11 Å². The number of thiophene rings is 1. The van der Waals surface area contributed by atoms with Gasteiger partial charge < -0.3 is 4.74 Å². The molecule has 1 atom stereocenters. The lowest BCUT2D eigenvalue weighted by Crippen LogP contribution is -2.11. The largest absolute Gasteiger partial charge is 0.385 e. The Morgan fingerprint density at radius 2 is 2.46 bits per heavy atom. The fraction of sp³-hybridized carbons (Fsp3) is 0.500. The first-order valence-electron chi connectivity index (χ1n) is 4.32. The zero-order valence-corrected chi connectivity index (χ0v) is 8.76. The van der Waals surface area contributed by atoms with Crippen molar-refractivity contribution in [3.8, 4) is 0 Å². The van der Waals surface area contributed by atoms with E-state index >= 15 is 0 Å². The van der Waals surface area contributed by atoms with Crippen molar-refractivity contribution >= 4 is 17.1 Å². The lowest BCUT2D eigenvalue weighted by atomic mass is 10.0. The normalized spacial score (nSPS) is 12.8. The third-order valence-corrected chi connectivity index (χ3v) is 2.85. The number of ketones is 1. The van der Waals surface area contributed by atoms with Crippen LogP contribution in [0.25, 0.3) is 0 Å². The molecule has 1 heterocycles. The Hall–Kier alpha value is -0.670. The molecule has 72 valence electrons. The summed E-state index contributed by atoms with van der Waals surface area (Å²) in [5, 5.41) is 1.93. The predicted octanol–water partition coefficient (Wildman–Crippen LogP) is 2.60. The molecule has 0 radical (unpaired) electrons. The van der Waals surface area contributed by atoms with Crippen molar-refractivity contribution in [3.05, 3.63) is 22.4 Å². The second-order valence-electron chi connectivity index (χ2n) is 3.02. The number of methoxy groups -OCH3 is 1. The SMILES string of the molecule is COCCC(C)C(=O)c1cccs1. The van der Waals surface area contributed by atoms with Crippen LogP contribution in [0.4, 0.5) is 0 Å². The fourth-order valence-corrected chi connectivity index (χ4v) is 1.87. The molecule has 0 fully saturated rings. The van der Waals surface area contributed by atoms with Crippen LogP contribution in [0.5, 0.6) is 0 Å². The molecule has 1 aromatic rings. The van der Waals surface area contributed by atoms with E-state index in [-0.39, 0.29) is 11.7 Å². The maximum atomic E-state index is 11.7. The van der Waals surface area contributed by atoms with Crippen LogP contribution in [-0.2, 0) is 4.74 Å². The molecular weight excluding hydrogens is 184 g/mol. The van der Waals surface area contributed by atoms with E-state index in [0.717, 1.165) is 11.3 Å². The van der Waals surface area contributed by atoms with E-state index in [4.69, 9.17) is 4.74 Å². The Balaban J connectivity index is 2.48. The standard InChI is InChI=1S/C10H14O2S/c1-8(5-6-12-2)10(11)9-4-3-7-13-9/h3-4,7-8H,5-6H2,1-2H3. The third-order valence-electron chi connectivity index (χ3n) is 1.97. The summed E-state index contributed by atoms with van der Waals surface area (Å²) in [6.45, 7) is 2.60. The zero-order chi connectivity index (χ0) is 9.68. The average molecular weight is 198 g/mol. The van der Waals surface area contributed by atoms with Gasteiger partial charge in [0.15, 0.2) is 5.78 Å². The Kier molecular flexibility index (Phi) is 4.12. The highest BCUT2D eigenvalue weighted by molar-refractivity contribution is 7.12. The Morgan fingerprint density at radius 3 is 3.00 bits per heavy atom. The first-order valence-corrected chi connectivity index (χ1v) is 5.20. The molecule has 1 unspecified atom stereocenters. The van der Waals surface area contributed by atoms with E-state index in [1.165, 1.54) is 11.3 Å². The number of carbonyl (C=O) groups excluding carboxylic acids is 1. The van der Waals surface area contributed by atoms with Gasteiger partial charge in [0.25, 0.3) is 0 Å². The molecule has 0 aliphatic heterocycles. The van der Waals surface area contributed by atoms with Crippen molar-refractivity contribution in [3.63, 3.8) is 0 Å². The van der Waals surface area contributed by atoms with Gasteiger partial charge in [-0.3, -0.25) is 4.79 Å². The van der Waals surface area contributed by atoms with Gasteiger partial charge in [-0.05, 0) is 17.9 Å². The lowest BCUT2D eigenvalue weighted by molar-refractivity contribution is 0.0898. The highest BCUT2D eigenvalue weighted by Crippen LogP contribution is 2.16. The van der Waals surface area contributed by atoms with Gasteiger partial charge in [-0.25, -0.2) is 0 Å². The Labute approximate surface area is 82.5 Å². The third kappa shape index (κ3) is 2.94. The van der Waals surface area contributed by atoms with Gasteiger partial charge >= 0.3 is 0 Å². The van der Waals surface area contributed by atoms with Gasteiger partial charge in [0.1, 0.15) is 0 Å². The lowest BCUT2D eigenvalue weighted by Gasteiger charge is -2.07. The van der Waals surface area contributed by atoms with Crippen LogP contribution in [0.1, 0.15) is 23.0 Å². The van der Waals surface area contributed by atoms with Crippen molar-refractivity contribution < 1.29 is 9.53 Å². The van der Waals surface area contributed by atoms with Gasteiger partial charge in [-0.15, -0.1) is 11.3 Å². The Morgan fingerprint density at radius 1 is 1.69 bits per heavy atom. The molecule has 0 spiro atoms. The smallest absolute Gasteiger partial charge is 0.175 e. The first kappa shape index (κ1) is 10.4. The van der Waals surface area contributed by atoms with Crippen molar-refractivity contribution in [1.29, 1.82) is 0 Å². The highest BCUT2D eigenvalue weighted by Gasteiger charge is 2.15. The number of hydrogen-bond acceptors (Lipinski definition) is 3. The number of ether oxygens (including phenoxy) is 1. The van der Waals surface area contributed by atoms with Crippen LogP contribution in [0.15, 0.2) is 17.5 Å². The summed E-state index contributed by atoms with van der Waals surface area (Å²) >= 11 is 1.50. The van der Waals surface area contributed by atoms with Crippen molar-refractivity contribution in [2.75, 3.05) is 13.7 Å². The van der Waals surface area contributed by atoms with Crippen LogP contribution in [0.2, 0.25) is 0 Å². The maximum Gasteiger partial charge on any atom is 0.175 e. The van der Waals surface area contributed by atoms with Gasteiger partial charge in [-0.2, -0.15) is 0 Å². The van der Waals surface area contributed by atoms with E-state index in [2.05, 4.69) is 0 Å². The molecule has 0 saturated carbocycles. The minimum absolute atomic E-state index is 0.0681. The molecule has 0 N–H and O–H groups in total. The molecule has 1 rings (SSSR count). The second kappa shape index (κ2) is 5.14. The van der Waals surface area contributed by atoms with Gasteiger partial charge in [0.05, 0.1) is 4.88 Å². The molecule has 0 amide bonds. The fourth-order valence-electron chi connectivity index (χ4n) is 1.09. The van der Waals surface area contributed by atoms with Crippen LogP contribution < -0.4 is 0 Å². The predicted molar refractivity (Wildman–Crippen MR) is 54.3 cm³/mol. The number of hydrogen-bond donors (Lipinski definition) is 0. The van der Waals surface area contributed by atoms with Gasteiger partial charge in [0, 0.05) is 19.6 Å². The molecule has 0 saturated heterocycles. The molecule has 3 heteroatoms. The molecule has 2 nitrogen and oxygen atoms in total. The molecule has 0 aliphatic carbocycles. The summed E-state index contributed by atoms with van der Waals surface area (Å²) in [7, 11) is 1.66. The maximum absolute atomic E-state index is 11.7. The van der Waals surface area contributed by atoms with Crippen LogP contribution in [0, 0.1) is 5.92 Å². The summed E-state index contributed by atoms with van der Waals surface area (Å²) in [4.78, 5) is 12.5. The van der Waals surface area contributed by atoms with Crippen LogP contribution in [-0.4, -0.2) is 19.5 Å². The quantitative estimate of drug-likeness (QED) is 0.680. The van der Waals surface area contributed by atoms with Crippen molar-refractivity contribution in [1.82, 2.24) is 0 Å². The zero-order valence-electron chi connectivity index (χ0n) is 7.95. The van der Waals surface area contributed by atoms with E-state index in [1.807, 2.05) is 24.4 Å². The van der Waals surface area contributed by atoms with Gasteiger partial charge in [0.2, 0.25) is 0 Å². The molecule has 1 aromatic heterocycles. The summed E-state index contributed by atoms with van der Waals surface area (Å²) < 4.78 is 4.93. The summed E-state index contributed by atoms with van der Waals surface area (Å²) in [6.07, 6.45) is 0.799. The second-order valence-corrected chi connectivity index (χ2v) is 3.97. The number of Topliss-reactive ketones (excluding diaryl/α,β-unsaturated/α-hetero) is 1. The molecular formula is C10H14O2S. The minimum atomic E-state index is 0.0681. The molecule has 0 aromatic carbocycles. The minimum Gasteiger partial charge on any atom is -0.385 e. The monoisotopic (exact) mass is 198 g/mol. The average Bonchev–Trinajstić information content (AvgIpc) is 2.65. The van der Waals surface area contributed by atoms with Crippen LogP contribution >= 0.6 is 11.3 Å². The topological polar surface area (TPSA) is 26.3 Å². The summed E-state index contributed by atoms with van der Waals surface area (Å²) in [5.41, 5.74) is 0. The van der Waals surface area contributed by atoms with Gasteiger partial charge in [-0.1, -0.05) is 13.0 Å². The number of rotatable bonds is 5. The number of carbonyl (C=O) groups is 1. The van der Waals surface area contributed by atoms with E-state index in [0.29, 0.717) is 6.61 Å².